The van der Waals surface area contributed by atoms with E-state index in [1.165, 1.54) is 31.8 Å². The molecule has 1 aliphatic carbocycles. The molecule has 2 rings (SSSR count). The molecule has 0 aliphatic heterocycles. The molecule has 1 heterocycles. The molecule has 1 saturated carbocycles. The van der Waals surface area contributed by atoms with Crippen LogP contribution in [0.3, 0.4) is 0 Å². The molecule has 1 fully saturated rings. The van der Waals surface area contributed by atoms with Crippen LogP contribution in [-0.4, -0.2) is 24.0 Å². The Morgan fingerprint density at radius 2 is 2.05 bits per heavy atom. The second-order valence-corrected chi connectivity index (χ2v) is 5.88. The molecule has 1 unspecified atom stereocenters. The second kappa shape index (κ2) is 6.83. The van der Waals surface area contributed by atoms with Crippen molar-refractivity contribution in [2.24, 2.45) is 5.92 Å². The summed E-state index contributed by atoms with van der Waals surface area (Å²) in [6, 6.07) is 0. The third-order valence-electron chi connectivity index (χ3n) is 3.53. The Labute approximate surface area is 122 Å². The van der Waals surface area contributed by atoms with Crippen LogP contribution in [0.25, 0.3) is 0 Å². The first-order valence-corrected chi connectivity index (χ1v) is 7.70. The van der Waals surface area contributed by atoms with Crippen LogP contribution in [0.4, 0.5) is 0 Å². The van der Waals surface area contributed by atoms with Gasteiger partial charge in [0.05, 0.1) is 7.11 Å². The number of carbonyl (C=O) groups excluding carboxylic acids is 2. The zero-order chi connectivity index (χ0) is 14.5. The number of hydrogen-bond donors (Lipinski definition) is 0. The largest absolute Gasteiger partial charge is 0.464 e. The lowest BCUT2D eigenvalue weighted by atomic mass is 9.85. The summed E-state index contributed by atoms with van der Waals surface area (Å²) in [5, 5.41) is 2.34. The first kappa shape index (κ1) is 15.0. The molecule has 0 amide bonds. The number of rotatable bonds is 4. The van der Waals surface area contributed by atoms with Crippen molar-refractivity contribution in [2.75, 3.05) is 7.11 Å². The molecule has 0 radical (unpaired) electrons. The molecular formula is C14H19NO4S. The van der Waals surface area contributed by atoms with E-state index in [9.17, 15) is 9.59 Å². The molecule has 0 bridgehead atoms. The van der Waals surface area contributed by atoms with Crippen molar-refractivity contribution in [3.63, 3.8) is 0 Å². The zero-order valence-electron chi connectivity index (χ0n) is 11.8. The van der Waals surface area contributed by atoms with Gasteiger partial charge in [0.25, 0.3) is 0 Å². The lowest BCUT2D eigenvalue weighted by Crippen LogP contribution is -2.21. The van der Waals surface area contributed by atoms with E-state index in [0.717, 1.165) is 25.7 Å². The van der Waals surface area contributed by atoms with Gasteiger partial charge >= 0.3 is 11.9 Å². The highest BCUT2D eigenvalue weighted by atomic mass is 32.1. The summed E-state index contributed by atoms with van der Waals surface area (Å²) in [6.07, 6.45) is 5.26. The fraction of sp³-hybridized carbons (Fsp3) is 0.643. The molecule has 0 saturated heterocycles. The molecule has 0 aromatic carbocycles. The molecule has 20 heavy (non-hydrogen) atoms. The Kier molecular flexibility index (Phi) is 5.11. The van der Waals surface area contributed by atoms with Gasteiger partial charge in [0.2, 0.25) is 0 Å². The SMILES string of the molecule is COC(=O)c1csc(C(OC(C)=O)C2CCCCC2)n1. The van der Waals surface area contributed by atoms with Gasteiger partial charge < -0.3 is 9.47 Å². The van der Waals surface area contributed by atoms with Crippen LogP contribution in [-0.2, 0) is 14.3 Å². The maximum atomic E-state index is 11.5. The lowest BCUT2D eigenvalue weighted by molar-refractivity contribution is -0.150. The van der Waals surface area contributed by atoms with E-state index in [4.69, 9.17) is 4.74 Å². The minimum Gasteiger partial charge on any atom is -0.464 e. The highest BCUT2D eigenvalue weighted by molar-refractivity contribution is 7.09. The Morgan fingerprint density at radius 3 is 2.65 bits per heavy atom. The summed E-state index contributed by atoms with van der Waals surface area (Å²) in [5.41, 5.74) is 0.278. The van der Waals surface area contributed by atoms with Crippen molar-refractivity contribution in [1.82, 2.24) is 4.98 Å². The topological polar surface area (TPSA) is 65.5 Å². The highest BCUT2D eigenvalue weighted by Gasteiger charge is 2.30. The summed E-state index contributed by atoms with van der Waals surface area (Å²) in [4.78, 5) is 27.1. The van der Waals surface area contributed by atoms with Crippen LogP contribution < -0.4 is 0 Å². The van der Waals surface area contributed by atoms with E-state index in [1.807, 2.05) is 0 Å². The van der Waals surface area contributed by atoms with E-state index < -0.39 is 5.97 Å². The molecular weight excluding hydrogens is 278 g/mol. The summed E-state index contributed by atoms with van der Waals surface area (Å²) < 4.78 is 10.1. The number of carbonyl (C=O) groups is 2. The third-order valence-corrected chi connectivity index (χ3v) is 4.44. The molecule has 5 nitrogen and oxygen atoms in total. The van der Waals surface area contributed by atoms with E-state index >= 15 is 0 Å². The number of esters is 2. The Balaban J connectivity index is 2.18. The summed E-state index contributed by atoms with van der Waals surface area (Å²) in [7, 11) is 1.33. The number of thiazole rings is 1. The maximum absolute atomic E-state index is 11.5. The maximum Gasteiger partial charge on any atom is 0.357 e. The molecule has 6 heteroatoms. The van der Waals surface area contributed by atoms with Crippen molar-refractivity contribution in [3.8, 4) is 0 Å². The standard InChI is InChI=1S/C14H19NO4S/c1-9(16)19-12(10-6-4-3-5-7-10)13-15-11(8-20-13)14(17)18-2/h8,10,12H,3-7H2,1-2H3. The fourth-order valence-corrected chi connectivity index (χ4v) is 3.49. The molecule has 0 N–H and O–H groups in total. The van der Waals surface area contributed by atoms with Gasteiger partial charge in [-0.05, 0) is 12.8 Å². The normalized spacial score (nSPS) is 17.5. The molecule has 1 aliphatic rings. The molecule has 110 valence electrons. The number of aromatic nitrogens is 1. The van der Waals surface area contributed by atoms with Crippen molar-refractivity contribution in [3.05, 3.63) is 16.1 Å². The monoisotopic (exact) mass is 297 g/mol. The molecule has 1 aromatic rings. The Hall–Kier alpha value is -1.43. The van der Waals surface area contributed by atoms with Gasteiger partial charge in [-0.3, -0.25) is 4.79 Å². The average molecular weight is 297 g/mol. The van der Waals surface area contributed by atoms with Crippen molar-refractivity contribution in [1.29, 1.82) is 0 Å². The first-order valence-electron chi connectivity index (χ1n) is 6.82. The van der Waals surface area contributed by atoms with Gasteiger partial charge in [0.15, 0.2) is 11.8 Å². The van der Waals surface area contributed by atoms with Crippen LogP contribution in [0.15, 0.2) is 5.38 Å². The fourth-order valence-electron chi connectivity index (χ4n) is 2.58. The lowest BCUT2D eigenvalue weighted by Gasteiger charge is -2.28. The van der Waals surface area contributed by atoms with Crippen LogP contribution in [0.1, 0.15) is 60.6 Å². The van der Waals surface area contributed by atoms with E-state index in [-0.39, 0.29) is 17.8 Å². The highest BCUT2D eigenvalue weighted by Crippen LogP contribution is 2.38. The summed E-state index contributed by atoms with van der Waals surface area (Å²) >= 11 is 1.35. The Morgan fingerprint density at radius 1 is 1.35 bits per heavy atom. The number of methoxy groups -OCH3 is 1. The van der Waals surface area contributed by atoms with Crippen LogP contribution in [0.2, 0.25) is 0 Å². The number of nitrogens with zero attached hydrogens (tertiary/aromatic N) is 1. The summed E-state index contributed by atoms with van der Waals surface area (Å²) in [6.45, 7) is 1.41. The molecule has 0 spiro atoms. The quantitative estimate of drug-likeness (QED) is 0.799. The van der Waals surface area contributed by atoms with Gasteiger partial charge in [-0.15, -0.1) is 11.3 Å². The van der Waals surface area contributed by atoms with Crippen molar-refractivity contribution >= 4 is 23.3 Å². The summed E-state index contributed by atoms with van der Waals surface area (Å²) in [5.74, 6) is -0.475. The van der Waals surface area contributed by atoms with E-state index in [1.54, 1.807) is 5.38 Å². The third kappa shape index (κ3) is 3.56. The zero-order valence-corrected chi connectivity index (χ0v) is 12.6. The minimum absolute atomic E-state index is 0.278. The predicted molar refractivity (Wildman–Crippen MR) is 74.5 cm³/mol. The first-order chi connectivity index (χ1) is 9.61. The minimum atomic E-state index is -0.460. The average Bonchev–Trinajstić information content (AvgIpc) is 2.94. The second-order valence-electron chi connectivity index (χ2n) is 4.99. The van der Waals surface area contributed by atoms with Crippen LogP contribution in [0.5, 0.6) is 0 Å². The van der Waals surface area contributed by atoms with E-state index in [0.29, 0.717) is 10.9 Å². The van der Waals surface area contributed by atoms with Gasteiger partial charge in [-0.2, -0.15) is 0 Å². The molecule has 1 aromatic heterocycles. The van der Waals surface area contributed by atoms with Crippen molar-refractivity contribution in [2.45, 2.75) is 45.1 Å². The van der Waals surface area contributed by atoms with Crippen LogP contribution in [0, 0.1) is 5.92 Å². The number of ether oxygens (including phenoxy) is 2. The number of hydrogen-bond acceptors (Lipinski definition) is 6. The predicted octanol–water partition coefficient (Wildman–Crippen LogP) is 3.11. The molecule has 1 atom stereocenters. The van der Waals surface area contributed by atoms with Gasteiger partial charge in [0, 0.05) is 18.2 Å². The van der Waals surface area contributed by atoms with Gasteiger partial charge in [-0.1, -0.05) is 19.3 Å². The van der Waals surface area contributed by atoms with Gasteiger partial charge in [-0.25, -0.2) is 9.78 Å². The Bertz CT molecular complexity index is 479. The van der Waals surface area contributed by atoms with Gasteiger partial charge in [0.1, 0.15) is 5.01 Å². The van der Waals surface area contributed by atoms with Crippen molar-refractivity contribution < 1.29 is 19.1 Å². The van der Waals surface area contributed by atoms with E-state index in [2.05, 4.69) is 9.72 Å². The van der Waals surface area contributed by atoms with Crippen LogP contribution >= 0.6 is 11.3 Å². The smallest absolute Gasteiger partial charge is 0.357 e.